The third-order valence-corrected chi connectivity index (χ3v) is 6.47. The lowest BCUT2D eigenvalue weighted by atomic mass is 10.1. The van der Waals surface area contributed by atoms with E-state index in [-0.39, 0.29) is 0 Å². The Balaban J connectivity index is 1.07. The average molecular weight is 445 g/mol. The highest BCUT2D eigenvalue weighted by Gasteiger charge is 2.09. The zero-order valence-electron chi connectivity index (χ0n) is 19.2. The normalized spacial score (nSPS) is 11.4. The minimum atomic E-state index is 0.882. The summed E-state index contributed by atoms with van der Waals surface area (Å²) >= 11 is 0. The van der Waals surface area contributed by atoms with Crippen LogP contribution in [0.2, 0.25) is 0 Å². The minimum absolute atomic E-state index is 0.882. The fourth-order valence-electron chi connectivity index (χ4n) is 4.66. The monoisotopic (exact) mass is 444 g/mol. The van der Waals surface area contributed by atoms with E-state index in [1.54, 1.807) is 0 Å². The van der Waals surface area contributed by atoms with Crippen LogP contribution in [0.5, 0.6) is 0 Å². The van der Waals surface area contributed by atoms with Gasteiger partial charge in [-0.2, -0.15) is 0 Å². The van der Waals surface area contributed by atoms with E-state index < -0.39 is 0 Å². The van der Waals surface area contributed by atoms with Crippen molar-refractivity contribution in [1.29, 1.82) is 0 Å². The van der Waals surface area contributed by atoms with E-state index in [9.17, 15) is 0 Å². The summed E-state index contributed by atoms with van der Waals surface area (Å²) in [6.07, 6.45) is 13.0. The van der Waals surface area contributed by atoms with E-state index in [2.05, 4.69) is 141 Å². The summed E-state index contributed by atoms with van der Waals surface area (Å²) in [5.74, 6) is 0. The second-order valence-electron chi connectivity index (χ2n) is 9.01. The fourth-order valence-corrected chi connectivity index (χ4v) is 4.66. The largest absolute Gasteiger partial charge is 0.244 e. The van der Waals surface area contributed by atoms with Crippen molar-refractivity contribution in [2.75, 3.05) is 0 Å². The van der Waals surface area contributed by atoms with E-state index in [1.165, 1.54) is 32.7 Å². The number of aryl methyl sites for hydroxylation is 2. The third-order valence-electron chi connectivity index (χ3n) is 6.47. The smallest absolute Gasteiger partial charge is 0.233 e. The zero-order chi connectivity index (χ0) is 22.7. The van der Waals surface area contributed by atoms with Gasteiger partial charge in [-0.05, 0) is 44.8 Å². The number of aromatic nitrogens is 4. The molecule has 0 saturated heterocycles. The topological polar surface area (TPSA) is 17.6 Å². The Morgan fingerprint density at radius 3 is 1.41 bits per heavy atom. The molecule has 6 aromatic rings. The standard InChI is InChI=1S/C30H28N4/c1-3-7-29-19-25(9-11-27(29)5-1)21-33-17-15-31(23-33)13-14-32-16-18-34(24-32)22-26-10-12-28-6-2-4-8-30(28)20-26/h1-12,15-20,23-24H,13-14,21-22H2/q+2. The molecule has 0 N–H and O–H groups in total. The molecule has 4 aromatic carbocycles. The van der Waals surface area contributed by atoms with Gasteiger partial charge in [0, 0.05) is 0 Å². The molecule has 0 saturated carbocycles. The Morgan fingerprint density at radius 1 is 0.500 bits per heavy atom. The van der Waals surface area contributed by atoms with E-state index in [0.717, 1.165) is 26.2 Å². The van der Waals surface area contributed by atoms with Crippen molar-refractivity contribution in [3.05, 3.63) is 133 Å². The molecule has 34 heavy (non-hydrogen) atoms. The summed E-state index contributed by atoms with van der Waals surface area (Å²) in [7, 11) is 0. The number of hydrogen-bond acceptors (Lipinski definition) is 0. The highest BCUT2D eigenvalue weighted by Crippen LogP contribution is 2.16. The lowest BCUT2D eigenvalue weighted by Gasteiger charge is -2.02. The van der Waals surface area contributed by atoms with E-state index >= 15 is 0 Å². The maximum absolute atomic E-state index is 2.29. The number of fused-ring (bicyclic) bond motifs is 2. The van der Waals surface area contributed by atoms with Gasteiger partial charge in [-0.1, -0.05) is 72.8 Å². The fraction of sp³-hybridized carbons (Fsp3) is 0.133. The first kappa shape index (κ1) is 20.4. The predicted molar refractivity (Wildman–Crippen MR) is 135 cm³/mol. The number of hydrogen-bond donors (Lipinski definition) is 0. The van der Waals surface area contributed by atoms with Gasteiger partial charge in [0.1, 0.15) is 51.0 Å². The Bertz CT molecular complexity index is 1450. The number of rotatable bonds is 7. The molecule has 0 spiro atoms. The molecule has 0 aliphatic carbocycles. The molecule has 0 aliphatic heterocycles. The molecule has 0 fully saturated rings. The Labute approximate surface area is 199 Å². The van der Waals surface area contributed by atoms with Gasteiger partial charge >= 0.3 is 0 Å². The van der Waals surface area contributed by atoms with Crippen molar-refractivity contribution < 1.29 is 9.13 Å². The van der Waals surface area contributed by atoms with Crippen LogP contribution in [0.25, 0.3) is 21.5 Å². The molecule has 2 aromatic heterocycles. The molecule has 4 heteroatoms. The van der Waals surface area contributed by atoms with Crippen molar-refractivity contribution >= 4 is 21.5 Å². The lowest BCUT2D eigenvalue weighted by Crippen LogP contribution is -2.32. The van der Waals surface area contributed by atoms with E-state index in [0.29, 0.717) is 0 Å². The van der Waals surface area contributed by atoms with Gasteiger partial charge in [-0.3, -0.25) is 0 Å². The minimum Gasteiger partial charge on any atom is -0.233 e. The Morgan fingerprint density at radius 2 is 0.941 bits per heavy atom. The van der Waals surface area contributed by atoms with Gasteiger partial charge in [0.05, 0.1) is 0 Å². The van der Waals surface area contributed by atoms with Gasteiger partial charge in [0.15, 0.2) is 0 Å². The van der Waals surface area contributed by atoms with Gasteiger partial charge in [0.2, 0.25) is 12.7 Å². The predicted octanol–water partition coefficient (Wildman–Crippen LogP) is 4.97. The van der Waals surface area contributed by atoms with Crippen LogP contribution >= 0.6 is 0 Å². The van der Waals surface area contributed by atoms with Crippen LogP contribution in [0.1, 0.15) is 11.1 Å². The van der Waals surface area contributed by atoms with Gasteiger partial charge < -0.3 is 0 Å². The number of imidazole rings is 2. The molecule has 2 heterocycles. The lowest BCUT2D eigenvalue weighted by molar-refractivity contribution is -0.688. The van der Waals surface area contributed by atoms with Crippen LogP contribution in [0.3, 0.4) is 0 Å². The summed E-state index contributed by atoms with van der Waals surface area (Å²) in [6.45, 7) is 3.64. The summed E-state index contributed by atoms with van der Waals surface area (Å²) in [5.41, 5.74) is 2.64. The molecule has 6 rings (SSSR count). The van der Waals surface area contributed by atoms with Crippen molar-refractivity contribution in [3.8, 4) is 0 Å². The highest BCUT2D eigenvalue weighted by molar-refractivity contribution is 5.83. The van der Waals surface area contributed by atoms with Crippen LogP contribution in [0.4, 0.5) is 0 Å². The summed E-state index contributed by atoms with van der Waals surface area (Å²) < 4.78 is 9.02. The SMILES string of the molecule is c1ccc2cc(C[n+]3ccn(CCn4cc[n+](Cc5ccc6ccccc6c5)c4)c3)ccc2c1. The van der Waals surface area contributed by atoms with Gasteiger partial charge in [-0.15, -0.1) is 0 Å². The van der Waals surface area contributed by atoms with Crippen molar-refractivity contribution in [2.24, 2.45) is 0 Å². The molecule has 166 valence electrons. The van der Waals surface area contributed by atoms with Gasteiger partial charge in [0.25, 0.3) is 0 Å². The maximum Gasteiger partial charge on any atom is 0.244 e. The van der Waals surface area contributed by atoms with Crippen LogP contribution < -0.4 is 9.13 Å². The average Bonchev–Trinajstić information content (AvgIpc) is 3.52. The van der Waals surface area contributed by atoms with Crippen LogP contribution in [-0.4, -0.2) is 9.13 Å². The Hall–Kier alpha value is -4.18. The molecule has 0 amide bonds. The maximum atomic E-state index is 2.29. The molecular formula is C30H28N4+2. The van der Waals surface area contributed by atoms with Crippen molar-refractivity contribution in [2.45, 2.75) is 26.2 Å². The van der Waals surface area contributed by atoms with E-state index in [1.807, 2.05) is 0 Å². The second kappa shape index (κ2) is 8.99. The van der Waals surface area contributed by atoms with Gasteiger partial charge in [-0.25, -0.2) is 18.3 Å². The molecule has 0 atom stereocenters. The van der Waals surface area contributed by atoms with Crippen molar-refractivity contribution in [3.63, 3.8) is 0 Å². The quantitative estimate of drug-likeness (QED) is 0.310. The van der Waals surface area contributed by atoms with Crippen molar-refractivity contribution in [1.82, 2.24) is 9.13 Å². The second-order valence-corrected chi connectivity index (χ2v) is 9.01. The number of benzene rings is 4. The van der Waals surface area contributed by atoms with Crippen LogP contribution in [0, 0.1) is 0 Å². The highest BCUT2D eigenvalue weighted by atomic mass is 15.2. The summed E-state index contributed by atoms with van der Waals surface area (Å²) in [6, 6.07) is 30.5. The molecule has 0 bridgehead atoms. The molecule has 4 nitrogen and oxygen atoms in total. The van der Waals surface area contributed by atoms with Crippen LogP contribution in [0.15, 0.2) is 122 Å². The van der Waals surface area contributed by atoms with E-state index in [4.69, 9.17) is 0 Å². The molecule has 0 unspecified atom stereocenters. The molecule has 0 aliphatic rings. The third kappa shape index (κ3) is 4.48. The molecular weight excluding hydrogens is 416 g/mol. The first-order valence-electron chi connectivity index (χ1n) is 11.8. The first-order valence-corrected chi connectivity index (χ1v) is 11.8. The zero-order valence-corrected chi connectivity index (χ0v) is 19.2. The molecule has 0 radical (unpaired) electrons. The van der Waals surface area contributed by atoms with Crippen LogP contribution in [-0.2, 0) is 26.2 Å². The first-order chi connectivity index (χ1) is 16.8. The number of nitrogens with zero attached hydrogens (tertiary/aromatic N) is 4. The summed E-state index contributed by atoms with van der Waals surface area (Å²) in [5, 5.41) is 5.17. The Kier molecular flexibility index (Phi) is 5.40. The summed E-state index contributed by atoms with van der Waals surface area (Å²) in [4.78, 5) is 0.